The summed E-state index contributed by atoms with van der Waals surface area (Å²) in [5, 5.41) is 0. The van der Waals surface area contributed by atoms with Gasteiger partial charge in [0.1, 0.15) is 5.82 Å². The van der Waals surface area contributed by atoms with Crippen LogP contribution in [-0.4, -0.2) is 9.55 Å². The molecule has 0 aromatic carbocycles. The molecule has 66 valence electrons. The lowest BCUT2D eigenvalue weighted by atomic mass is 10.2. The highest BCUT2D eigenvalue weighted by Gasteiger charge is 2.06. The molecule has 3 nitrogen and oxygen atoms in total. The van der Waals surface area contributed by atoms with Gasteiger partial charge in [0, 0.05) is 24.7 Å². The summed E-state index contributed by atoms with van der Waals surface area (Å²) in [6.07, 6.45) is 0. The van der Waals surface area contributed by atoms with Gasteiger partial charge in [-0.1, -0.05) is 13.8 Å². The molecule has 0 aliphatic heterocycles. The van der Waals surface area contributed by atoms with Crippen molar-refractivity contribution in [2.24, 2.45) is 7.05 Å². The Labute approximate surface area is 72.1 Å². The van der Waals surface area contributed by atoms with Crippen LogP contribution < -0.4 is 5.56 Å². The van der Waals surface area contributed by atoms with E-state index < -0.39 is 0 Å². The fraction of sp³-hybridized carbons (Fsp3) is 0.556. The standard InChI is InChI=1S/C9H14N2O/c1-6(2)9-10-8(12)5-7(3)11(9)4/h5-6H,1-4H3. The molecule has 0 aliphatic carbocycles. The Morgan fingerprint density at radius 1 is 1.50 bits per heavy atom. The number of nitrogens with zero attached hydrogens (tertiary/aromatic N) is 2. The lowest BCUT2D eigenvalue weighted by Crippen LogP contribution is -2.18. The van der Waals surface area contributed by atoms with Gasteiger partial charge in [0.25, 0.3) is 5.56 Å². The summed E-state index contributed by atoms with van der Waals surface area (Å²) in [5.41, 5.74) is 0.813. The van der Waals surface area contributed by atoms with Crippen LogP contribution in [0.4, 0.5) is 0 Å². The highest BCUT2D eigenvalue weighted by molar-refractivity contribution is 5.05. The van der Waals surface area contributed by atoms with Crippen LogP contribution in [0.2, 0.25) is 0 Å². The van der Waals surface area contributed by atoms with Gasteiger partial charge in [-0.15, -0.1) is 0 Å². The predicted molar refractivity (Wildman–Crippen MR) is 48.3 cm³/mol. The second kappa shape index (κ2) is 3.09. The van der Waals surface area contributed by atoms with E-state index in [1.807, 2.05) is 32.4 Å². The van der Waals surface area contributed by atoms with Crippen molar-refractivity contribution in [3.63, 3.8) is 0 Å². The summed E-state index contributed by atoms with van der Waals surface area (Å²) in [4.78, 5) is 15.0. The number of aryl methyl sites for hydroxylation is 1. The van der Waals surface area contributed by atoms with Crippen LogP contribution in [0.1, 0.15) is 31.3 Å². The summed E-state index contributed by atoms with van der Waals surface area (Å²) < 4.78 is 1.95. The molecule has 0 saturated carbocycles. The molecular weight excluding hydrogens is 152 g/mol. The van der Waals surface area contributed by atoms with E-state index in [1.165, 1.54) is 0 Å². The van der Waals surface area contributed by atoms with Crippen molar-refractivity contribution in [1.82, 2.24) is 9.55 Å². The van der Waals surface area contributed by atoms with Gasteiger partial charge < -0.3 is 4.57 Å². The third-order valence-corrected chi connectivity index (χ3v) is 1.95. The average molecular weight is 166 g/mol. The smallest absolute Gasteiger partial charge is 0.273 e. The predicted octanol–water partition coefficient (Wildman–Crippen LogP) is 1.21. The van der Waals surface area contributed by atoms with Crippen LogP contribution in [0, 0.1) is 6.92 Å². The molecule has 0 unspecified atom stereocenters. The molecule has 1 rings (SSSR count). The maximum atomic E-state index is 11.0. The van der Waals surface area contributed by atoms with Gasteiger partial charge in [0.2, 0.25) is 0 Å². The van der Waals surface area contributed by atoms with Crippen molar-refractivity contribution >= 4 is 0 Å². The van der Waals surface area contributed by atoms with E-state index in [0.717, 1.165) is 11.5 Å². The molecule has 0 aliphatic rings. The van der Waals surface area contributed by atoms with E-state index in [9.17, 15) is 4.79 Å². The highest BCUT2D eigenvalue weighted by Crippen LogP contribution is 2.09. The Hall–Kier alpha value is -1.12. The quantitative estimate of drug-likeness (QED) is 0.628. The van der Waals surface area contributed by atoms with Gasteiger partial charge in [-0.2, -0.15) is 4.98 Å². The highest BCUT2D eigenvalue weighted by atomic mass is 16.1. The van der Waals surface area contributed by atoms with E-state index in [-0.39, 0.29) is 5.56 Å². The molecule has 1 heterocycles. The largest absolute Gasteiger partial charge is 0.336 e. The van der Waals surface area contributed by atoms with Gasteiger partial charge in [-0.25, -0.2) is 0 Å². The molecule has 3 heteroatoms. The fourth-order valence-corrected chi connectivity index (χ4v) is 1.19. The van der Waals surface area contributed by atoms with Crippen LogP contribution in [0.5, 0.6) is 0 Å². The normalized spacial score (nSPS) is 10.8. The monoisotopic (exact) mass is 166 g/mol. The third-order valence-electron chi connectivity index (χ3n) is 1.95. The second-order valence-electron chi connectivity index (χ2n) is 3.31. The van der Waals surface area contributed by atoms with Crippen molar-refractivity contribution in [3.8, 4) is 0 Å². The molecule has 0 saturated heterocycles. The minimum absolute atomic E-state index is 0.144. The maximum Gasteiger partial charge on any atom is 0.273 e. The minimum Gasteiger partial charge on any atom is -0.336 e. The first-order valence-electron chi connectivity index (χ1n) is 4.07. The number of rotatable bonds is 1. The van der Waals surface area contributed by atoms with E-state index in [2.05, 4.69) is 4.98 Å². The average Bonchev–Trinajstić information content (AvgIpc) is 1.96. The zero-order valence-corrected chi connectivity index (χ0v) is 7.96. The lowest BCUT2D eigenvalue weighted by molar-refractivity contribution is 0.659. The first kappa shape index (κ1) is 8.97. The molecule has 0 amide bonds. The maximum absolute atomic E-state index is 11.0. The number of hydrogen-bond acceptors (Lipinski definition) is 2. The molecule has 0 fully saturated rings. The molecule has 0 N–H and O–H groups in total. The third kappa shape index (κ3) is 1.55. The number of aromatic nitrogens is 2. The van der Waals surface area contributed by atoms with Crippen molar-refractivity contribution in [2.75, 3.05) is 0 Å². The minimum atomic E-state index is -0.144. The van der Waals surface area contributed by atoms with Crippen LogP contribution >= 0.6 is 0 Å². The Kier molecular flexibility index (Phi) is 2.31. The van der Waals surface area contributed by atoms with Crippen LogP contribution in [0.3, 0.4) is 0 Å². The summed E-state index contributed by atoms with van der Waals surface area (Å²) in [7, 11) is 1.93. The summed E-state index contributed by atoms with van der Waals surface area (Å²) in [6, 6.07) is 1.55. The summed E-state index contributed by atoms with van der Waals surface area (Å²) in [5.74, 6) is 1.14. The van der Waals surface area contributed by atoms with Crippen molar-refractivity contribution in [3.05, 3.63) is 27.9 Å². The van der Waals surface area contributed by atoms with E-state index in [4.69, 9.17) is 0 Å². The molecule has 0 bridgehead atoms. The molecule has 1 aromatic heterocycles. The Morgan fingerprint density at radius 2 is 2.08 bits per heavy atom. The second-order valence-corrected chi connectivity index (χ2v) is 3.31. The van der Waals surface area contributed by atoms with Gasteiger partial charge in [-0.05, 0) is 6.92 Å². The van der Waals surface area contributed by atoms with Gasteiger partial charge in [0.05, 0.1) is 0 Å². The Balaban J connectivity index is 3.38. The van der Waals surface area contributed by atoms with Crippen molar-refractivity contribution in [2.45, 2.75) is 26.7 Å². The Morgan fingerprint density at radius 3 is 2.58 bits per heavy atom. The molecule has 0 radical (unpaired) electrons. The molecule has 0 spiro atoms. The lowest BCUT2D eigenvalue weighted by Gasteiger charge is -2.12. The topological polar surface area (TPSA) is 34.9 Å². The Bertz CT molecular complexity index is 339. The SMILES string of the molecule is Cc1cc(=O)nc(C(C)C)n1C. The van der Waals surface area contributed by atoms with E-state index >= 15 is 0 Å². The van der Waals surface area contributed by atoms with Gasteiger partial charge >= 0.3 is 0 Å². The zero-order chi connectivity index (χ0) is 9.30. The summed E-state index contributed by atoms with van der Waals surface area (Å²) >= 11 is 0. The summed E-state index contributed by atoms with van der Waals surface area (Å²) in [6.45, 7) is 5.97. The van der Waals surface area contributed by atoms with Gasteiger partial charge in [0.15, 0.2) is 0 Å². The number of hydrogen-bond donors (Lipinski definition) is 0. The first-order valence-corrected chi connectivity index (χ1v) is 4.07. The zero-order valence-electron chi connectivity index (χ0n) is 7.96. The molecule has 1 aromatic rings. The van der Waals surface area contributed by atoms with Crippen LogP contribution in [-0.2, 0) is 7.05 Å². The van der Waals surface area contributed by atoms with Crippen molar-refractivity contribution in [1.29, 1.82) is 0 Å². The van der Waals surface area contributed by atoms with Crippen LogP contribution in [0.15, 0.2) is 10.9 Å². The van der Waals surface area contributed by atoms with E-state index in [0.29, 0.717) is 5.92 Å². The molecule has 0 atom stereocenters. The van der Waals surface area contributed by atoms with Gasteiger partial charge in [-0.3, -0.25) is 4.79 Å². The van der Waals surface area contributed by atoms with Crippen LogP contribution in [0.25, 0.3) is 0 Å². The fourth-order valence-electron chi connectivity index (χ4n) is 1.19. The van der Waals surface area contributed by atoms with Crippen molar-refractivity contribution < 1.29 is 0 Å². The van der Waals surface area contributed by atoms with E-state index in [1.54, 1.807) is 6.07 Å². The molecule has 12 heavy (non-hydrogen) atoms. The molecular formula is C9H14N2O. The first-order chi connectivity index (χ1) is 5.52.